The Bertz CT molecular complexity index is 703. The van der Waals surface area contributed by atoms with Gasteiger partial charge in [0.2, 0.25) is 0 Å². The largest absolute Gasteiger partial charge is 0.389 e. The Morgan fingerprint density at radius 2 is 1.74 bits per heavy atom. The van der Waals surface area contributed by atoms with Gasteiger partial charge in [-0.25, -0.2) is 0 Å². The van der Waals surface area contributed by atoms with Crippen LogP contribution in [0.4, 0.5) is 0 Å². The fourth-order valence-corrected chi connectivity index (χ4v) is 9.57. The quantitative estimate of drug-likeness (QED) is 0.260. The van der Waals surface area contributed by atoms with Crippen molar-refractivity contribution >= 4 is 0 Å². The van der Waals surface area contributed by atoms with Crippen molar-refractivity contribution < 1.29 is 5.11 Å². The fourth-order valence-electron chi connectivity index (χ4n) is 9.57. The van der Waals surface area contributed by atoms with E-state index in [1.54, 1.807) is 0 Å². The lowest BCUT2D eigenvalue weighted by atomic mass is 9.42. The maximum absolute atomic E-state index is 11.9. The first-order chi connectivity index (χ1) is 14.7. The highest BCUT2D eigenvalue weighted by atomic mass is 16.3. The smallest absolute Gasteiger partial charge is 0.0788 e. The summed E-state index contributed by atoms with van der Waals surface area (Å²) < 4.78 is 0. The highest BCUT2D eigenvalue weighted by molar-refractivity contribution is 5.17. The Hall–Kier alpha value is -0.730. The average Bonchev–Trinajstić information content (AvgIpc) is 3.06. The number of hydrogen-bond donors (Lipinski definition) is 1. The molecule has 0 unspecified atom stereocenters. The number of rotatable bonds is 6. The number of nitrogens with zero attached hydrogens (tertiary/aromatic N) is 3. The molecule has 0 saturated heterocycles. The minimum absolute atomic E-state index is 0.0880. The average molecular weight is 430 g/mol. The molecule has 4 aliphatic rings. The van der Waals surface area contributed by atoms with E-state index in [-0.39, 0.29) is 11.5 Å². The number of fused-ring (bicyclic) bond motifs is 5. The molecule has 4 saturated carbocycles. The summed E-state index contributed by atoms with van der Waals surface area (Å²) >= 11 is 0. The first-order valence-electron chi connectivity index (χ1n) is 13.4. The van der Waals surface area contributed by atoms with Crippen molar-refractivity contribution in [2.24, 2.45) is 51.5 Å². The standard InChI is InChI=1S/C27H47N3O/c1-18(2)8-6-9-19(3)21-11-12-22-20-13-17-27(31)24(29-30-28)10-7-15-26(27,5)23(20)14-16-25(21,22)4/h18-24,31H,6-17H2,1-5H3/t19-,20+,21-,22+,23+,24+,25-,26-,27-/m1/s1. The van der Waals surface area contributed by atoms with Gasteiger partial charge in [-0.1, -0.05) is 65.4 Å². The van der Waals surface area contributed by atoms with E-state index in [9.17, 15) is 5.11 Å². The molecule has 0 aliphatic heterocycles. The Morgan fingerprint density at radius 1 is 0.968 bits per heavy atom. The fraction of sp³-hybridized carbons (Fsp3) is 1.00. The van der Waals surface area contributed by atoms with Gasteiger partial charge in [0.1, 0.15) is 0 Å². The Morgan fingerprint density at radius 3 is 2.45 bits per heavy atom. The Labute approximate surface area is 190 Å². The van der Waals surface area contributed by atoms with Crippen LogP contribution in [0, 0.1) is 46.3 Å². The molecule has 4 heteroatoms. The van der Waals surface area contributed by atoms with Gasteiger partial charge in [0.05, 0.1) is 11.6 Å². The maximum Gasteiger partial charge on any atom is 0.0788 e. The van der Waals surface area contributed by atoms with Gasteiger partial charge in [0.25, 0.3) is 0 Å². The third-order valence-corrected chi connectivity index (χ3v) is 11.2. The van der Waals surface area contributed by atoms with E-state index >= 15 is 0 Å². The molecule has 0 bridgehead atoms. The number of azide groups is 1. The third-order valence-electron chi connectivity index (χ3n) is 11.2. The Balaban J connectivity index is 1.53. The summed E-state index contributed by atoms with van der Waals surface area (Å²) in [7, 11) is 0. The van der Waals surface area contributed by atoms with Crippen molar-refractivity contribution in [3.8, 4) is 0 Å². The third kappa shape index (κ3) is 3.65. The molecule has 0 spiro atoms. The van der Waals surface area contributed by atoms with Gasteiger partial charge in [0.15, 0.2) is 0 Å². The van der Waals surface area contributed by atoms with Crippen molar-refractivity contribution in [2.75, 3.05) is 0 Å². The van der Waals surface area contributed by atoms with Crippen molar-refractivity contribution in [1.82, 2.24) is 0 Å². The predicted molar refractivity (Wildman–Crippen MR) is 127 cm³/mol. The predicted octanol–water partition coefficient (Wildman–Crippen LogP) is 7.90. The summed E-state index contributed by atoms with van der Waals surface area (Å²) in [6.45, 7) is 12.2. The summed E-state index contributed by atoms with van der Waals surface area (Å²) in [6, 6.07) is -0.234. The molecule has 0 aromatic heterocycles. The minimum atomic E-state index is -0.797. The van der Waals surface area contributed by atoms with Crippen LogP contribution >= 0.6 is 0 Å². The lowest BCUT2D eigenvalue weighted by Gasteiger charge is -2.65. The van der Waals surface area contributed by atoms with E-state index in [2.05, 4.69) is 44.6 Å². The molecule has 4 rings (SSSR count). The van der Waals surface area contributed by atoms with Crippen LogP contribution in [0.5, 0.6) is 0 Å². The molecule has 31 heavy (non-hydrogen) atoms. The molecular formula is C27H47N3O. The lowest BCUT2D eigenvalue weighted by Crippen LogP contribution is -2.65. The molecule has 9 atom stereocenters. The van der Waals surface area contributed by atoms with Gasteiger partial charge >= 0.3 is 0 Å². The zero-order valence-electron chi connectivity index (χ0n) is 20.8. The SMILES string of the molecule is CC(C)CCC[C@@H](C)[C@H]1CC[C@H]2[C@@H]3CC[C@@]4(O)[C@@H](N=[N+]=[N-])CCC[C@]4(C)[C@H]3CC[C@]12C. The first kappa shape index (κ1) is 23.4. The maximum atomic E-state index is 11.9. The van der Waals surface area contributed by atoms with Crippen molar-refractivity contribution in [3.63, 3.8) is 0 Å². The second-order valence-electron chi connectivity index (χ2n) is 12.9. The summed E-state index contributed by atoms with van der Waals surface area (Å²) in [5, 5.41) is 16.0. The van der Waals surface area contributed by atoms with E-state index in [1.807, 2.05) is 0 Å². The molecule has 4 fully saturated rings. The highest BCUT2D eigenvalue weighted by Gasteiger charge is 2.65. The summed E-state index contributed by atoms with van der Waals surface area (Å²) in [6.07, 6.45) is 14.5. The molecule has 0 aromatic rings. The molecule has 176 valence electrons. The van der Waals surface area contributed by atoms with E-state index in [0.717, 1.165) is 61.7 Å². The van der Waals surface area contributed by atoms with Crippen molar-refractivity contribution in [2.45, 2.75) is 123 Å². The second kappa shape index (κ2) is 8.56. The van der Waals surface area contributed by atoms with Gasteiger partial charge in [0, 0.05) is 4.91 Å². The van der Waals surface area contributed by atoms with Crippen molar-refractivity contribution in [1.29, 1.82) is 0 Å². The van der Waals surface area contributed by atoms with Crippen LogP contribution in [0.2, 0.25) is 0 Å². The van der Waals surface area contributed by atoms with Crippen LogP contribution < -0.4 is 0 Å². The van der Waals surface area contributed by atoms with E-state index < -0.39 is 5.60 Å². The highest BCUT2D eigenvalue weighted by Crippen LogP contribution is 2.69. The van der Waals surface area contributed by atoms with Crippen LogP contribution in [-0.2, 0) is 0 Å². The number of hydrogen-bond acceptors (Lipinski definition) is 2. The minimum Gasteiger partial charge on any atom is -0.389 e. The van der Waals surface area contributed by atoms with Crippen LogP contribution in [0.15, 0.2) is 5.11 Å². The van der Waals surface area contributed by atoms with Crippen LogP contribution in [0.1, 0.15) is 112 Å². The van der Waals surface area contributed by atoms with E-state index in [0.29, 0.717) is 11.3 Å². The summed E-state index contributed by atoms with van der Waals surface area (Å²) in [5.74, 6) is 4.70. The molecule has 0 radical (unpaired) electrons. The topological polar surface area (TPSA) is 69.0 Å². The second-order valence-corrected chi connectivity index (χ2v) is 12.9. The normalized spacial score (nSPS) is 47.8. The van der Waals surface area contributed by atoms with Crippen LogP contribution in [-0.4, -0.2) is 16.7 Å². The van der Waals surface area contributed by atoms with Gasteiger partial charge in [-0.2, -0.15) is 0 Å². The molecule has 0 amide bonds. The van der Waals surface area contributed by atoms with E-state index in [4.69, 9.17) is 5.53 Å². The Kier molecular flexibility index (Phi) is 6.47. The monoisotopic (exact) mass is 429 g/mol. The molecular weight excluding hydrogens is 382 g/mol. The first-order valence-corrected chi connectivity index (χ1v) is 13.4. The lowest BCUT2D eigenvalue weighted by molar-refractivity contribution is -0.212. The molecule has 0 heterocycles. The van der Waals surface area contributed by atoms with E-state index in [1.165, 1.54) is 44.9 Å². The molecule has 4 nitrogen and oxygen atoms in total. The zero-order valence-corrected chi connectivity index (χ0v) is 20.8. The summed E-state index contributed by atoms with van der Waals surface area (Å²) in [5.41, 5.74) is 8.72. The zero-order chi connectivity index (χ0) is 22.4. The van der Waals surface area contributed by atoms with Gasteiger partial charge < -0.3 is 5.11 Å². The van der Waals surface area contributed by atoms with Gasteiger partial charge in [-0.05, 0) is 103 Å². The molecule has 4 aliphatic carbocycles. The van der Waals surface area contributed by atoms with Crippen LogP contribution in [0.3, 0.4) is 0 Å². The summed E-state index contributed by atoms with van der Waals surface area (Å²) in [4.78, 5) is 3.12. The molecule has 1 N–H and O–H groups in total. The van der Waals surface area contributed by atoms with Gasteiger partial charge in [-0.3, -0.25) is 0 Å². The number of aliphatic hydroxyl groups is 1. The van der Waals surface area contributed by atoms with Crippen LogP contribution in [0.25, 0.3) is 10.4 Å². The molecule has 0 aromatic carbocycles. The van der Waals surface area contributed by atoms with Gasteiger partial charge in [-0.15, -0.1) is 0 Å². The van der Waals surface area contributed by atoms with Crippen molar-refractivity contribution in [3.05, 3.63) is 10.4 Å².